The van der Waals surface area contributed by atoms with E-state index in [0.717, 1.165) is 28.3 Å². The number of hydrogen-bond acceptors (Lipinski definition) is 2. The van der Waals surface area contributed by atoms with Gasteiger partial charge in [0.15, 0.2) is 0 Å². The van der Waals surface area contributed by atoms with Crippen LogP contribution in [0, 0.1) is 0 Å². The molecule has 0 aliphatic rings. The SMILES string of the molecule is CC(C)NCc1cc2cc(Cl)ccc2o1. The number of halogens is 1. The van der Waals surface area contributed by atoms with E-state index in [9.17, 15) is 0 Å². The Kier molecular flexibility index (Phi) is 2.98. The summed E-state index contributed by atoms with van der Waals surface area (Å²) >= 11 is 5.90. The molecule has 1 N–H and O–H groups in total. The second-order valence-corrected chi connectivity index (χ2v) is 4.37. The summed E-state index contributed by atoms with van der Waals surface area (Å²) in [6, 6.07) is 8.14. The minimum Gasteiger partial charge on any atom is -0.460 e. The molecule has 0 fully saturated rings. The molecule has 2 nitrogen and oxygen atoms in total. The first-order valence-corrected chi connectivity index (χ1v) is 5.44. The summed E-state index contributed by atoms with van der Waals surface area (Å²) in [7, 11) is 0. The molecule has 1 aromatic carbocycles. The van der Waals surface area contributed by atoms with Crippen LogP contribution in [0.25, 0.3) is 11.0 Å². The van der Waals surface area contributed by atoms with Gasteiger partial charge < -0.3 is 9.73 Å². The fourth-order valence-corrected chi connectivity index (χ4v) is 1.64. The van der Waals surface area contributed by atoms with Gasteiger partial charge in [-0.1, -0.05) is 25.4 Å². The van der Waals surface area contributed by atoms with Crippen LogP contribution in [0.15, 0.2) is 28.7 Å². The zero-order valence-corrected chi connectivity index (χ0v) is 9.64. The van der Waals surface area contributed by atoms with Crippen LogP contribution in [0.5, 0.6) is 0 Å². The van der Waals surface area contributed by atoms with E-state index in [1.54, 1.807) is 0 Å². The van der Waals surface area contributed by atoms with Crippen LogP contribution in [0.4, 0.5) is 0 Å². The molecule has 1 heterocycles. The molecule has 0 saturated carbocycles. The Morgan fingerprint density at radius 3 is 2.87 bits per heavy atom. The monoisotopic (exact) mass is 223 g/mol. The highest BCUT2D eigenvalue weighted by atomic mass is 35.5. The maximum absolute atomic E-state index is 5.90. The molecule has 0 unspecified atom stereocenters. The van der Waals surface area contributed by atoms with Crippen LogP contribution in [0.1, 0.15) is 19.6 Å². The van der Waals surface area contributed by atoms with E-state index in [0.29, 0.717) is 6.04 Å². The highest BCUT2D eigenvalue weighted by Crippen LogP contribution is 2.22. The quantitative estimate of drug-likeness (QED) is 0.861. The van der Waals surface area contributed by atoms with Crippen molar-refractivity contribution >= 4 is 22.6 Å². The van der Waals surface area contributed by atoms with Gasteiger partial charge >= 0.3 is 0 Å². The van der Waals surface area contributed by atoms with Crippen molar-refractivity contribution in [2.45, 2.75) is 26.4 Å². The van der Waals surface area contributed by atoms with Crippen molar-refractivity contribution in [2.24, 2.45) is 0 Å². The van der Waals surface area contributed by atoms with E-state index in [2.05, 4.69) is 19.2 Å². The van der Waals surface area contributed by atoms with Crippen LogP contribution in [0.3, 0.4) is 0 Å². The standard InChI is InChI=1S/C12H14ClNO/c1-8(2)14-7-11-6-9-5-10(13)3-4-12(9)15-11/h3-6,8,14H,7H2,1-2H3. The fraction of sp³-hybridized carbons (Fsp3) is 0.333. The highest BCUT2D eigenvalue weighted by molar-refractivity contribution is 6.31. The number of hydrogen-bond donors (Lipinski definition) is 1. The van der Waals surface area contributed by atoms with Crippen LogP contribution < -0.4 is 5.32 Å². The van der Waals surface area contributed by atoms with Crippen molar-refractivity contribution in [3.05, 3.63) is 35.0 Å². The summed E-state index contributed by atoms with van der Waals surface area (Å²) < 4.78 is 5.65. The lowest BCUT2D eigenvalue weighted by molar-refractivity contribution is 0.488. The Morgan fingerprint density at radius 2 is 2.13 bits per heavy atom. The molecule has 1 aromatic heterocycles. The molecule has 0 saturated heterocycles. The van der Waals surface area contributed by atoms with Crippen molar-refractivity contribution in [3.8, 4) is 0 Å². The van der Waals surface area contributed by atoms with Gasteiger partial charge in [0.25, 0.3) is 0 Å². The van der Waals surface area contributed by atoms with Crippen molar-refractivity contribution < 1.29 is 4.42 Å². The molecule has 2 rings (SSSR count). The molecule has 0 bridgehead atoms. The van der Waals surface area contributed by atoms with Gasteiger partial charge in [0, 0.05) is 16.5 Å². The van der Waals surface area contributed by atoms with E-state index in [4.69, 9.17) is 16.0 Å². The first-order valence-electron chi connectivity index (χ1n) is 5.06. The van der Waals surface area contributed by atoms with Gasteiger partial charge in [-0.05, 0) is 24.3 Å². The summed E-state index contributed by atoms with van der Waals surface area (Å²) in [5.41, 5.74) is 0.889. The maximum Gasteiger partial charge on any atom is 0.134 e. The van der Waals surface area contributed by atoms with Crippen molar-refractivity contribution in [2.75, 3.05) is 0 Å². The van der Waals surface area contributed by atoms with E-state index in [1.165, 1.54) is 0 Å². The summed E-state index contributed by atoms with van der Waals surface area (Å²) in [5, 5.41) is 5.11. The van der Waals surface area contributed by atoms with Crippen LogP contribution in [0.2, 0.25) is 5.02 Å². The van der Waals surface area contributed by atoms with Crippen LogP contribution in [-0.4, -0.2) is 6.04 Å². The molecule has 15 heavy (non-hydrogen) atoms. The second-order valence-electron chi connectivity index (χ2n) is 3.93. The number of fused-ring (bicyclic) bond motifs is 1. The predicted molar refractivity (Wildman–Crippen MR) is 63.2 cm³/mol. The van der Waals surface area contributed by atoms with Gasteiger partial charge in [0.1, 0.15) is 11.3 Å². The van der Waals surface area contributed by atoms with E-state index < -0.39 is 0 Å². The second kappa shape index (κ2) is 4.25. The van der Waals surface area contributed by atoms with Crippen LogP contribution >= 0.6 is 11.6 Å². The average molecular weight is 224 g/mol. The maximum atomic E-state index is 5.90. The highest BCUT2D eigenvalue weighted by Gasteiger charge is 2.04. The van der Waals surface area contributed by atoms with E-state index in [-0.39, 0.29) is 0 Å². The molecule has 80 valence electrons. The number of rotatable bonds is 3. The molecule has 3 heteroatoms. The third kappa shape index (κ3) is 2.52. The largest absolute Gasteiger partial charge is 0.460 e. The van der Waals surface area contributed by atoms with Gasteiger partial charge in [-0.25, -0.2) is 0 Å². The zero-order valence-electron chi connectivity index (χ0n) is 8.88. The zero-order chi connectivity index (χ0) is 10.8. The van der Waals surface area contributed by atoms with Crippen LogP contribution in [-0.2, 0) is 6.54 Å². The molecule has 0 spiro atoms. The molecule has 0 aliphatic heterocycles. The molecule has 0 aliphatic carbocycles. The minimum absolute atomic E-state index is 0.460. The Bertz CT molecular complexity index is 462. The van der Waals surface area contributed by atoms with Gasteiger partial charge in [0.2, 0.25) is 0 Å². The third-order valence-corrected chi connectivity index (χ3v) is 2.45. The normalized spacial score (nSPS) is 11.5. The van der Waals surface area contributed by atoms with Crippen molar-refractivity contribution in [1.82, 2.24) is 5.32 Å². The molecule has 0 radical (unpaired) electrons. The summed E-state index contributed by atoms with van der Waals surface area (Å²) in [5.74, 6) is 0.945. The predicted octanol–water partition coefficient (Wildman–Crippen LogP) is 3.58. The molecular weight excluding hydrogens is 210 g/mol. The first kappa shape index (κ1) is 10.5. The lowest BCUT2D eigenvalue weighted by Crippen LogP contribution is -2.21. The molecule has 0 atom stereocenters. The van der Waals surface area contributed by atoms with E-state index in [1.807, 2.05) is 24.3 Å². The first-order chi connectivity index (χ1) is 7.15. The number of furan rings is 1. The lowest BCUT2D eigenvalue weighted by atomic mass is 10.2. The van der Waals surface area contributed by atoms with Crippen molar-refractivity contribution in [3.63, 3.8) is 0 Å². The Balaban J connectivity index is 2.23. The van der Waals surface area contributed by atoms with Gasteiger partial charge in [-0.15, -0.1) is 0 Å². The summed E-state index contributed by atoms with van der Waals surface area (Å²) in [6.07, 6.45) is 0. The number of nitrogens with one attached hydrogen (secondary N) is 1. The van der Waals surface area contributed by atoms with E-state index >= 15 is 0 Å². The van der Waals surface area contributed by atoms with Crippen molar-refractivity contribution in [1.29, 1.82) is 0 Å². The Labute approximate surface area is 94.2 Å². The fourth-order valence-electron chi connectivity index (χ4n) is 1.46. The summed E-state index contributed by atoms with van der Waals surface area (Å²) in [4.78, 5) is 0. The third-order valence-electron chi connectivity index (χ3n) is 2.21. The lowest BCUT2D eigenvalue weighted by Gasteiger charge is -2.04. The van der Waals surface area contributed by atoms with Gasteiger partial charge in [-0.2, -0.15) is 0 Å². The Hall–Kier alpha value is -0.990. The molecule has 0 amide bonds. The molecular formula is C12H14ClNO. The minimum atomic E-state index is 0.460. The molecule has 2 aromatic rings. The Morgan fingerprint density at radius 1 is 1.33 bits per heavy atom. The van der Waals surface area contributed by atoms with Gasteiger partial charge in [0.05, 0.1) is 6.54 Å². The summed E-state index contributed by atoms with van der Waals surface area (Å²) in [6.45, 7) is 4.98. The smallest absolute Gasteiger partial charge is 0.134 e. The number of benzene rings is 1. The topological polar surface area (TPSA) is 25.2 Å². The average Bonchev–Trinajstić information content (AvgIpc) is 2.56. The van der Waals surface area contributed by atoms with Gasteiger partial charge in [-0.3, -0.25) is 0 Å².